The van der Waals surface area contributed by atoms with Crippen LogP contribution in [0, 0.1) is 11.7 Å². The molecule has 6 nitrogen and oxygen atoms in total. The van der Waals surface area contributed by atoms with Crippen LogP contribution in [0.2, 0.25) is 0 Å². The van der Waals surface area contributed by atoms with E-state index in [2.05, 4.69) is 15.5 Å². The minimum absolute atomic E-state index is 0.126. The van der Waals surface area contributed by atoms with Gasteiger partial charge < -0.3 is 15.7 Å². The summed E-state index contributed by atoms with van der Waals surface area (Å²) in [6.45, 7) is 5.94. The predicted octanol–water partition coefficient (Wildman–Crippen LogP) is 4.08. The largest absolute Gasteiger partial charge is 0.478 e. The van der Waals surface area contributed by atoms with Crippen LogP contribution in [0.4, 0.5) is 15.8 Å². The van der Waals surface area contributed by atoms with Gasteiger partial charge in [-0.1, -0.05) is 12.1 Å². The lowest BCUT2D eigenvalue weighted by atomic mass is 9.84. The number of piperidine rings is 1. The standard InChI is InChI=1S/C24H28FN3O3/c1-3-26-20-13-18(25)12-19-21(20)27-23(31)24(19,2)28-10-4-5-16(14-28)11-15-6-8-17(9-7-15)22(29)30/h6-9,12-13,16,26H,3-5,10-11,14H2,1-2H3,(H,27,31)(H,29,30)/t16-,24?/m0/s1. The summed E-state index contributed by atoms with van der Waals surface area (Å²) >= 11 is 0. The number of amides is 1. The molecule has 164 valence electrons. The summed E-state index contributed by atoms with van der Waals surface area (Å²) in [5.41, 5.74) is 2.40. The number of carbonyl (C=O) groups excluding carboxylic acids is 1. The number of nitrogens with one attached hydrogen (secondary N) is 2. The van der Waals surface area contributed by atoms with Crippen molar-refractivity contribution in [2.75, 3.05) is 30.3 Å². The summed E-state index contributed by atoms with van der Waals surface area (Å²) in [4.78, 5) is 26.4. The zero-order valence-corrected chi connectivity index (χ0v) is 17.9. The molecule has 3 N–H and O–H groups in total. The fraction of sp³-hybridized carbons (Fsp3) is 0.417. The van der Waals surface area contributed by atoms with Crippen molar-refractivity contribution in [1.29, 1.82) is 0 Å². The van der Waals surface area contributed by atoms with Gasteiger partial charge in [-0.2, -0.15) is 0 Å². The maximum atomic E-state index is 14.4. The van der Waals surface area contributed by atoms with Crippen LogP contribution in [0.3, 0.4) is 0 Å². The smallest absolute Gasteiger partial charge is 0.335 e. The molecule has 4 rings (SSSR count). The number of nitrogens with zero attached hydrogens (tertiary/aromatic N) is 1. The van der Waals surface area contributed by atoms with Crippen LogP contribution in [0.1, 0.15) is 48.2 Å². The number of carboxylic acid groups (broad SMARTS) is 1. The number of halogens is 1. The number of hydrogen-bond donors (Lipinski definition) is 3. The van der Waals surface area contributed by atoms with Gasteiger partial charge in [-0.05, 0) is 75.4 Å². The van der Waals surface area contributed by atoms with Gasteiger partial charge in [0.15, 0.2) is 0 Å². The molecule has 1 saturated heterocycles. The third-order valence-electron chi connectivity index (χ3n) is 6.55. The molecule has 1 fully saturated rings. The van der Waals surface area contributed by atoms with E-state index in [4.69, 9.17) is 5.11 Å². The van der Waals surface area contributed by atoms with Gasteiger partial charge in [-0.15, -0.1) is 0 Å². The highest BCUT2D eigenvalue weighted by Crippen LogP contribution is 2.46. The molecule has 0 radical (unpaired) electrons. The van der Waals surface area contributed by atoms with Crippen LogP contribution < -0.4 is 10.6 Å². The molecule has 2 heterocycles. The Kier molecular flexibility index (Phi) is 5.71. The van der Waals surface area contributed by atoms with E-state index in [1.807, 2.05) is 26.0 Å². The van der Waals surface area contributed by atoms with Crippen LogP contribution in [0.15, 0.2) is 36.4 Å². The molecule has 1 unspecified atom stereocenters. The monoisotopic (exact) mass is 425 g/mol. The molecule has 0 saturated carbocycles. The number of rotatable bonds is 6. The Balaban J connectivity index is 1.57. The van der Waals surface area contributed by atoms with Crippen molar-refractivity contribution < 1.29 is 19.1 Å². The van der Waals surface area contributed by atoms with E-state index >= 15 is 0 Å². The zero-order chi connectivity index (χ0) is 22.2. The SMILES string of the molecule is CCNc1cc(F)cc2c1NC(=O)C2(C)N1CCC[C@@H](Cc2ccc(C(=O)O)cc2)C1. The zero-order valence-electron chi connectivity index (χ0n) is 17.9. The Labute approximate surface area is 181 Å². The minimum Gasteiger partial charge on any atom is -0.478 e. The highest BCUT2D eigenvalue weighted by atomic mass is 19.1. The third-order valence-corrected chi connectivity index (χ3v) is 6.55. The summed E-state index contributed by atoms with van der Waals surface area (Å²) in [5.74, 6) is -1.08. The summed E-state index contributed by atoms with van der Waals surface area (Å²) in [7, 11) is 0. The Morgan fingerprint density at radius 3 is 2.74 bits per heavy atom. The van der Waals surface area contributed by atoms with E-state index in [0.717, 1.165) is 37.9 Å². The van der Waals surface area contributed by atoms with Gasteiger partial charge >= 0.3 is 5.97 Å². The molecule has 0 aromatic heterocycles. The van der Waals surface area contributed by atoms with Crippen LogP contribution >= 0.6 is 0 Å². The number of fused-ring (bicyclic) bond motifs is 1. The van der Waals surface area contributed by atoms with Gasteiger partial charge in [-0.25, -0.2) is 9.18 Å². The third kappa shape index (κ3) is 3.90. The van der Waals surface area contributed by atoms with Crippen LogP contribution in [0.25, 0.3) is 0 Å². The van der Waals surface area contributed by atoms with Crippen molar-refractivity contribution >= 4 is 23.3 Å². The van der Waals surface area contributed by atoms with Crippen LogP contribution in [-0.4, -0.2) is 41.5 Å². The fourth-order valence-electron chi connectivity index (χ4n) is 4.88. The summed E-state index contributed by atoms with van der Waals surface area (Å²) in [6.07, 6.45) is 2.80. The quantitative estimate of drug-likeness (QED) is 0.650. The molecule has 2 atom stereocenters. The highest BCUT2D eigenvalue weighted by Gasteiger charge is 2.49. The van der Waals surface area contributed by atoms with E-state index in [9.17, 15) is 14.0 Å². The van der Waals surface area contributed by atoms with E-state index in [-0.39, 0.29) is 17.3 Å². The van der Waals surface area contributed by atoms with Crippen molar-refractivity contribution in [1.82, 2.24) is 4.90 Å². The molecule has 7 heteroatoms. The minimum atomic E-state index is -0.932. The Bertz CT molecular complexity index is 1010. The molecule has 2 aliphatic rings. The average Bonchev–Trinajstić information content (AvgIpc) is 3.00. The van der Waals surface area contributed by atoms with Gasteiger partial charge in [0.25, 0.3) is 0 Å². The number of benzene rings is 2. The van der Waals surface area contributed by atoms with Crippen molar-refractivity contribution in [2.45, 2.75) is 38.6 Å². The molecule has 0 aliphatic carbocycles. The number of carboxylic acids is 1. The number of carbonyl (C=O) groups is 2. The number of hydrogen-bond acceptors (Lipinski definition) is 4. The molecular formula is C24H28FN3O3. The first-order chi connectivity index (χ1) is 14.8. The molecule has 2 aromatic rings. The molecule has 31 heavy (non-hydrogen) atoms. The second-order valence-electron chi connectivity index (χ2n) is 8.59. The molecule has 2 aliphatic heterocycles. The van der Waals surface area contributed by atoms with Gasteiger partial charge in [0.1, 0.15) is 11.4 Å². The van der Waals surface area contributed by atoms with Crippen molar-refractivity contribution in [2.24, 2.45) is 5.92 Å². The lowest BCUT2D eigenvalue weighted by Crippen LogP contribution is -2.53. The topological polar surface area (TPSA) is 81.7 Å². The Morgan fingerprint density at radius 2 is 2.06 bits per heavy atom. The maximum Gasteiger partial charge on any atom is 0.335 e. The predicted molar refractivity (Wildman–Crippen MR) is 118 cm³/mol. The van der Waals surface area contributed by atoms with Gasteiger partial charge in [0.05, 0.1) is 16.9 Å². The number of aromatic carboxylic acids is 1. The van der Waals surface area contributed by atoms with E-state index in [1.54, 1.807) is 12.1 Å². The second kappa shape index (κ2) is 8.30. The summed E-state index contributed by atoms with van der Waals surface area (Å²) < 4.78 is 14.4. The summed E-state index contributed by atoms with van der Waals surface area (Å²) in [5, 5.41) is 15.2. The van der Waals surface area contributed by atoms with Crippen LogP contribution in [-0.2, 0) is 16.8 Å². The van der Waals surface area contributed by atoms with Crippen molar-refractivity contribution in [3.05, 3.63) is 58.9 Å². The normalized spacial score (nSPS) is 23.3. The van der Waals surface area contributed by atoms with Crippen LogP contribution in [0.5, 0.6) is 0 Å². The maximum absolute atomic E-state index is 14.4. The molecule has 0 bridgehead atoms. The lowest BCUT2D eigenvalue weighted by molar-refractivity contribution is -0.128. The van der Waals surface area contributed by atoms with Crippen molar-refractivity contribution in [3.8, 4) is 0 Å². The second-order valence-corrected chi connectivity index (χ2v) is 8.59. The average molecular weight is 426 g/mol. The molecular weight excluding hydrogens is 397 g/mol. The van der Waals surface area contributed by atoms with E-state index in [1.165, 1.54) is 12.1 Å². The molecule has 0 spiro atoms. The van der Waals surface area contributed by atoms with Crippen molar-refractivity contribution in [3.63, 3.8) is 0 Å². The Hall–Kier alpha value is -2.93. The number of anilines is 2. The molecule has 2 aromatic carbocycles. The number of likely N-dealkylation sites (tertiary alicyclic amines) is 1. The van der Waals surface area contributed by atoms with Gasteiger partial charge in [0.2, 0.25) is 5.91 Å². The Morgan fingerprint density at radius 1 is 1.32 bits per heavy atom. The fourth-order valence-corrected chi connectivity index (χ4v) is 4.88. The summed E-state index contributed by atoms with van der Waals surface area (Å²) in [6, 6.07) is 9.88. The van der Waals surface area contributed by atoms with E-state index < -0.39 is 11.5 Å². The molecule has 1 amide bonds. The first-order valence-corrected chi connectivity index (χ1v) is 10.8. The lowest BCUT2D eigenvalue weighted by Gasteiger charge is -2.42. The first kappa shape index (κ1) is 21.3. The van der Waals surface area contributed by atoms with Gasteiger partial charge in [0, 0.05) is 18.7 Å². The first-order valence-electron chi connectivity index (χ1n) is 10.8. The highest BCUT2D eigenvalue weighted by molar-refractivity contribution is 6.08. The van der Waals surface area contributed by atoms with E-state index in [0.29, 0.717) is 29.4 Å². The van der Waals surface area contributed by atoms with Gasteiger partial charge in [-0.3, -0.25) is 9.69 Å².